The monoisotopic (exact) mass is 269 g/mol. The van der Waals surface area contributed by atoms with Crippen molar-refractivity contribution < 1.29 is 0 Å². The van der Waals surface area contributed by atoms with Crippen LogP contribution in [0, 0.1) is 0 Å². The van der Waals surface area contributed by atoms with Crippen LogP contribution in [0.2, 0.25) is 0 Å². The van der Waals surface area contributed by atoms with Gasteiger partial charge in [-0.3, -0.25) is 18.9 Å². The highest BCUT2D eigenvalue weighted by atomic mass is 16.2. The second kappa shape index (κ2) is 4.37. The molecule has 0 saturated heterocycles. The van der Waals surface area contributed by atoms with Crippen LogP contribution in [0.1, 0.15) is 0 Å². The minimum atomic E-state index is -0.464. The summed E-state index contributed by atoms with van der Waals surface area (Å²) in [6, 6.07) is 5.40. The van der Waals surface area contributed by atoms with Crippen molar-refractivity contribution in [1.82, 2.24) is 24.1 Å². The highest BCUT2D eigenvalue weighted by Gasteiger charge is 2.12. The summed E-state index contributed by atoms with van der Waals surface area (Å²) in [4.78, 5) is 36.5. The van der Waals surface area contributed by atoms with Crippen molar-refractivity contribution in [2.75, 3.05) is 0 Å². The first-order valence-corrected chi connectivity index (χ1v) is 5.94. The van der Waals surface area contributed by atoms with Crippen molar-refractivity contribution in [2.24, 2.45) is 14.1 Å². The molecule has 0 spiro atoms. The number of nitrogens with zero attached hydrogens (tertiary/aromatic N) is 5. The summed E-state index contributed by atoms with van der Waals surface area (Å²) in [5.41, 5.74) is 0.637. The SMILES string of the molecule is Cn1c(=O)c2nc(-c3ccccn3)cnc2n(C)c1=O. The molecule has 3 heterocycles. The van der Waals surface area contributed by atoms with Gasteiger partial charge in [0.1, 0.15) is 5.69 Å². The molecule has 0 radical (unpaired) electrons. The van der Waals surface area contributed by atoms with Gasteiger partial charge in [-0.1, -0.05) is 6.07 Å². The van der Waals surface area contributed by atoms with Crippen molar-refractivity contribution >= 4 is 11.2 Å². The summed E-state index contributed by atoms with van der Waals surface area (Å²) >= 11 is 0. The summed E-state index contributed by atoms with van der Waals surface area (Å²) in [5, 5.41) is 0. The van der Waals surface area contributed by atoms with Gasteiger partial charge in [-0.05, 0) is 12.1 Å². The topological polar surface area (TPSA) is 82.7 Å². The van der Waals surface area contributed by atoms with Crippen LogP contribution in [0.3, 0.4) is 0 Å². The third-order valence-corrected chi connectivity index (χ3v) is 3.08. The van der Waals surface area contributed by atoms with Gasteiger partial charge < -0.3 is 0 Å². The van der Waals surface area contributed by atoms with E-state index in [4.69, 9.17) is 0 Å². The number of rotatable bonds is 1. The third kappa shape index (κ3) is 1.71. The van der Waals surface area contributed by atoms with Crippen molar-refractivity contribution in [3.63, 3.8) is 0 Å². The Morgan fingerprint density at radius 2 is 1.80 bits per heavy atom. The van der Waals surface area contributed by atoms with Gasteiger partial charge in [-0.25, -0.2) is 14.8 Å². The van der Waals surface area contributed by atoms with Gasteiger partial charge in [0.05, 0.1) is 11.9 Å². The molecule has 0 aromatic carbocycles. The predicted octanol–water partition coefficient (Wildman–Crippen LogP) is 0.0892. The maximum atomic E-state index is 12.1. The molecule has 0 unspecified atom stereocenters. The molecule has 3 aromatic rings. The predicted molar refractivity (Wildman–Crippen MR) is 73.3 cm³/mol. The highest BCUT2D eigenvalue weighted by molar-refractivity contribution is 5.72. The van der Waals surface area contributed by atoms with E-state index >= 15 is 0 Å². The molecular formula is C13H11N5O2. The van der Waals surface area contributed by atoms with E-state index in [0.717, 1.165) is 4.57 Å². The summed E-state index contributed by atoms with van der Waals surface area (Å²) < 4.78 is 2.31. The highest BCUT2D eigenvalue weighted by Crippen LogP contribution is 2.13. The fourth-order valence-electron chi connectivity index (χ4n) is 1.97. The van der Waals surface area contributed by atoms with Gasteiger partial charge in [0.25, 0.3) is 5.56 Å². The van der Waals surface area contributed by atoms with Crippen LogP contribution in [0.5, 0.6) is 0 Å². The van der Waals surface area contributed by atoms with Crippen LogP contribution in [-0.4, -0.2) is 24.1 Å². The Bertz CT molecular complexity index is 912. The average molecular weight is 269 g/mol. The lowest BCUT2D eigenvalue weighted by Crippen LogP contribution is -2.37. The third-order valence-electron chi connectivity index (χ3n) is 3.08. The van der Waals surface area contributed by atoms with Gasteiger partial charge in [0.2, 0.25) is 0 Å². The molecule has 0 N–H and O–H groups in total. The largest absolute Gasteiger partial charge is 0.332 e. The molecule has 7 nitrogen and oxygen atoms in total. The molecule has 3 rings (SSSR count). The van der Waals surface area contributed by atoms with Crippen molar-refractivity contribution in [3.8, 4) is 11.4 Å². The molecule has 0 fully saturated rings. The molecule has 0 saturated carbocycles. The van der Waals surface area contributed by atoms with Crippen LogP contribution in [0.4, 0.5) is 0 Å². The Balaban J connectivity index is 2.38. The molecule has 0 amide bonds. The smallest absolute Gasteiger partial charge is 0.279 e. The number of hydrogen-bond acceptors (Lipinski definition) is 5. The summed E-state index contributed by atoms with van der Waals surface area (Å²) in [6.07, 6.45) is 3.14. The maximum Gasteiger partial charge on any atom is 0.332 e. The van der Waals surface area contributed by atoms with Gasteiger partial charge >= 0.3 is 5.69 Å². The lowest BCUT2D eigenvalue weighted by molar-refractivity contribution is 0.704. The molecular weight excluding hydrogens is 258 g/mol. The molecule has 20 heavy (non-hydrogen) atoms. The zero-order chi connectivity index (χ0) is 14.3. The molecule has 0 bridgehead atoms. The van der Waals surface area contributed by atoms with Crippen molar-refractivity contribution in [2.45, 2.75) is 0 Å². The molecule has 0 aliphatic heterocycles. The van der Waals surface area contributed by atoms with Crippen LogP contribution >= 0.6 is 0 Å². The molecule has 100 valence electrons. The fourth-order valence-corrected chi connectivity index (χ4v) is 1.97. The van der Waals surface area contributed by atoms with E-state index in [0.29, 0.717) is 11.4 Å². The number of fused-ring (bicyclic) bond motifs is 1. The molecule has 3 aromatic heterocycles. The van der Waals surface area contributed by atoms with Crippen LogP contribution in [0.15, 0.2) is 40.2 Å². The maximum absolute atomic E-state index is 12.1. The van der Waals surface area contributed by atoms with E-state index < -0.39 is 11.2 Å². The number of hydrogen-bond donors (Lipinski definition) is 0. The van der Waals surface area contributed by atoms with E-state index in [1.54, 1.807) is 25.4 Å². The van der Waals surface area contributed by atoms with Crippen LogP contribution in [-0.2, 0) is 14.1 Å². The Labute approximate surface area is 113 Å². The van der Waals surface area contributed by atoms with Gasteiger partial charge in [-0.15, -0.1) is 0 Å². The minimum Gasteiger partial charge on any atom is -0.279 e. The summed E-state index contributed by atoms with van der Waals surface area (Å²) in [7, 11) is 2.97. The number of aryl methyl sites for hydroxylation is 1. The van der Waals surface area contributed by atoms with E-state index in [1.807, 2.05) is 6.07 Å². The Kier molecular flexibility index (Phi) is 2.67. The minimum absolute atomic E-state index is 0.151. The average Bonchev–Trinajstić information content (AvgIpc) is 2.51. The van der Waals surface area contributed by atoms with E-state index in [-0.39, 0.29) is 11.2 Å². The Morgan fingerprint density at radius 1 is 1.00 bits per heavy atom. The summed E-state index contributed by atoms with van der Waals surface area (Å²) in [6.45, 7) is 0. The van der Waals surface area contributed by atoms with Crippen LogP contribution < -0.4 is 11.2 Å². The molecule has 7 heteroatoms. The van der Waals surface area contributed by atoms with Crippen molar-refractivity contribution in [3.05, 3.63) is 51.4 Å². The zero-order valence-corrected chi connectivity index (χ0v) is 10.9. The molecule has 0 atom stereocenters. The van der Waals surface area contributed by atoms with Gasteiger partial charge in [0, 0.05) is 20.3 Å². The first-order chi connectivity index (χ1) is 9.59. The van der Waals surface area contributed by atoms with E-state index in [1.165, 1.54) is 17.8 Å². The Hall–Kier alpha value is -2.83. The zero-order valence-electron chi connectivity index (χ0n) is 10.9. The number of pyridine rings is 1. The quantitative estimate of drug-likeness (QED) is 0.625. The van der Waals surface area contributed by atoms with Crippen LogP contribution in [0.25, 0.3) is 22.6 Å². The summed E-state index contributed by atoms with van der Waals surface area (Å²) in [5.74, 6) is 0. The first-order valence-electron chi connectivity index (χ1n) is 5.94. The van der Waals surface area contributed by atoms with E-state index in [9.17, 15) is 9.59 Å². The lowest BCUT2D eigenvalue weighted by atomic mass is 10.3. The van der Waals surface area contributed by atoms with Gasteiger partial charge in [-0.2, -0.15) is 0 Å². The second-order valence-electron chi connectivity index (χ2n) is 4.35. The molecule has 0 aliphatic carbocycles. The number of aromatic nitrogens is 5. The first kappa shape index (κ1) is 12.2. The lowest BCUT2D eigenvalue weighted by Gasteiger charge is -2.06. The normalized spacial score (nSPS) is 10.9. The fraction of sp³-hybridized carbons (Fsp3) is 0.154. The standard InChI is InChI=1S/C13H11N5O2/c1-17-11-10(12(19)18(2)13(17)20)16-9(7-15-11)8-5-3-4-6-14-8/h3-7H,1-2H3. The van der Waals surface area contributed by atoms with E-state index in [2.05, 4.69) is 15.0 Å². The van der Waals surface area contributed by atoms with Gasteiger partial charge in [0.15, 0.2) is 11.2 Å². The second-order valence-corrected chi connectivity index (χ2v) is 4.35. The Morgan fingerprint density at radius 3 is 2.50 bits per heavy atom. The van der Waals surface area contributed by atoms with Crippen molar-refractivity contribution in [1.29, 1.82) is 0 Å². The molecule has 0 aliphatic rings.